The number of hydrogen-bond acceptors (Lipinski definition) is 7. The van der Waals surface area contributed by atoms with Crippen LogP contribution in [0.3, 0.4) is 0 Å². The molecule has 0 unspecified atom stereocenters. The monoisotopic (exact) mass is 486 g/mol. The summed E-state index contributed by atoms with van der Waals surface area (Å²) in [6.45, 7) is 3.13. The topological polar surface area (TPSA) is 93.5 Å². The van der Waals surface area contributed by atoms with Crippen LogP contribution in [-0.2, 0) is 9.53 Å². The third-order valence-corrected chi connectivity index (χ3v) is 6.97. The fourth-order valence-electron chi connectivity index (χ4n) is 3.73. The van der Waals surface area contributed by atoms with Crippen LogP contribution in [0.2, 0.25) is 5.02 Å². The van der Waals surface area contributed by atoms with Gasteiger partial charge in [-0.15, -0.1) is 16.4 Å². The molecule has 2 aromatic heterocycles. The van der Waals surface area contributed by atoms with Gasteiger partial charge in [-0.05, 0) is 55.0 Å². The molecular formula is C23H23ClN4O4S. The molecule has 10 heteroatoms. The van der Waals surface area contributed by atoms with Crippen molar-refractivity contribution in [1.82, 2.24) is 9.78 Å². The van der Waals surface area contributed by atoms with Crippen LogP contribution in [-0.4, -0.2) is 41.9 Å². The zero-order valence-electron chi connectivity index (χ0n) is 18.2. The van der Waals surface area contributed by atoms with Crippen LogP contribution in [0.1, 0.15) is 28.1 Å². The number of carbonyl (C=O) groups excluding carboxylic acids is 2. The summed E-state index contributed by atoms with van der Waals surface area (Å²) in [4.78, 5) is 39.4. The van der Waals surface area contributed by atoms with Crippen molar-refractivity contribution in [1.29, 1.82) is 0 Å². The Morgan fingerprint density at radius 3 is 2.64 bits per heavy atom. The number of methoxy groups -OCH3 is 1. The summed E-state index contributed by atoms with van der Waals surface area (Å²) >= 11 is 7.45. The van der Waals surface area contributed by atoms with E-state index in [4.69, 9.17) is 16.3 Å². The minimum Gasteiger partial charge on any atom is -0.465 e. The fourth-order valence-corrected chi connectivity index (χ4v) is 4.67. The number of ether oxygens (including phenoxy) is 1. The number of hydrogen-bond donors (Lipinski definition) is 1. The normalized spacial score (nSPS) is 14.2. The standard InChI is InChI=1S/C23H23ClN4O4S/c1-14-3-4-16(13-17(14)24)28-20(29)6-5-19(26-28)27-10-7-15(8-11-27)22(30)25-18-9-12-33-21(18)23(31)32-2/h3-6,9,12-13,15H,7-8,10-11H2,1-2H3,(H,25,30). The lowest BCUT2D eigenvalue weighted by Gasteiger charge is -2.32. The van der Waals surface area contributed by atoms with Crippen LogP contribution < -0.4 is 15.8 Å². The SMILES string of the molecule is COC(=O)c1sccc1NC(=O)C1CCN(c2ccc(=O)n(-c3ccc(C)c(Cl)c3)n2)CC1. The van der Waals surface area contributed by atoms with Crippen LogP contribution in [0.15, 0.2) is 46.6 Å². The molecule has 1 fully saturated rings. The number of esters is 1. The van der Waals surface area contributed by atoms with E-state index in [0.29, 0.717) is 53.0 Å². The number of nitrogens with one attached hydrogen (secondary N) is 1. The molecule has 0 radical (unpaired) electrons. The summed E-state index contributed by atoms with van der Waals surface area (Å²) in [7, 11) is 1.31. The van der Waals surface area contributed by atoms with Gasteiger partial charge in [0, 0.05) is 30.1 Å². The Hall–Kier alpha value is -3.17. The Balaban J connectivity index is 1.43. The zero-order chi connectivity index (χ0) is 23.5. The lowest BCUT2D eigenvalue weighted by atomic mass is 9.96. The van der Waals surface area contributed by atoms with Crippen molar-refractivity contribution in [3.8, 4) is 5.69 Å². The average molecular weight is 487 g/mol. The van der Waals surface area contributed by atoms with Crippen LogP contribution in [0.25, 0.3) is 5.69 Å². The predicted molar refractivity (Wildman–Crippen MR) is 129 cm³/mol. The Labute approximate surface area is 199 Å². The number of thiophene rings is 1. The molecule has 1 amide bonds. The molecule has 3 heterocycles. The van der Waals surface area contributed by atoms with Crippen molar-refractivity contribution in [3.05, 3.63) is 67.6 Å². The quantitative estimate of drug-likeness (QED) is 0.550. The maximum atomic E-state index is 12.8. The molecule has 8 nitrogen and oxygen atoms in total. The highest BCUT2D eigenvalue weighted by atomic mass is 35.5. The number of amides is 1. The molecule has 0 saturated carbocycles. The van der Waals surface area contributed by atoms with Crippen molar-refractivity contribution in [3.63, 3.8) is 0 Å². The van der Waals surface area contributed by atoms with E-state index in [9.17, 15) is 14.4 Å². The van der Waals surface area contributed by atoms with E-state index in [0.717, 1.165) is 5.56 Å². The number of benzene rings is 1. The molecule has 1 saturated heterocycles. The number of nitrogens with zero attached hydrogens (tertiary/aromatic N) is 3. The second kappa shape index (κ2) is 9.76. The van der Waals surface area contributed by atoms with Gasteiger partial charge in [-0.1, -0.05) is 17.7 Å². The van der Waals surface area contributed by atoms with Gasteiger partial charge < -0.3 is 15.0 Å². The van der Waals surface area contributed by atoms with Gasteiger partial charge in [0.05, 0.1) is 18.5 Å². The van der Waals surface area contributed by atoms with E-state index < -0.39 is 5.97 Å². The number of aromatic nitrogens is 2. The molecule has 1 aliphatic rings. The van der Waals surface area contributed by atoms with Crippen molar-refractivity contribution in [2.45, 2.75) is 19.8 Å². The second-order valence-corrected chi connectivity index (χ2v) is 9.10. The number of rotatable bonds is 5. The summed E-state index contributed by atoms with van der Waals surface area (Å²) in [6.07, 6.45) is 1.25. The van der Waals surface area contributed by atoms with E-state index in [1.54, 1.807) is 23.6 Å². The van der Waals surface area contributed by atoms with Crippen molar-refractivity contribution in [2.24, 2.45) is 5.92 Å². The van der Waals surface area contributed by atoms with Crippen LogP contribution in [0.4, 0.5) is 11.5 Å². The van der Waals surface area contributed by atoms with Crippen LogP contribution in [0, 0.1) is 12.8 Å². The summed E-state index contributed by atoms with van der Waals surface area (Å²) in [5.41, 5.74) is 1.75. The molecule has 1 aliphatic heterocycles. The molecule has 0 aliphatic carbocycles. The van der Waals surface area contributed by atoms with Crippen LogP contribution >= 0.6 is 22.9 Å². The average Bonchev–Trinajstić information content (AvgIpc) is 3.29. The summed E-state index contributed by atoms with van der Waals surface area (Å²) in [5.74, 6) is -0.110. The Morgan fingerprint density at radius 1 is 1.18 bits per heavy atom. The molecule has 4 rings (SSSR count). The maximum absolute atomic E-state index is 12.8. The molecule has 33 heavy (non-hydrogen) atoms. The molecule has 3 aromatic rings. The van der Waals surface area contributed by atoms with Gasteiger partial charge in [0.1, 0.15) is 10.7 Å². The van der Waals surface area contributed by atoms with E-state index in [2.05, 4.69) is 15.3 Å². The highest BCUT2D eigenvalue weighted by Crippen LogP contribution is 2.27. The third-order valence-electron chi connectivity index (χ3n) is 5.67. The first kappa shape index (κ1) is 23.0. The number of aryl methyl sites for hydroxylation is 1. The van der Waals surface area contributed by atoms with Gasteiger partial charge in [-0.25, -0.2) is 4.79 Å². The van der Waals surface area contributed by atoms with Crippen molar-refractivity contribution >= 4 is 46.3 Å². The van der Waals surface area contributed by atoms with Gasteiger partial charge in [0.15, 0.2) is 0 Å². The van der Waals surface area contributed by atoms with Crippen molar-refractivity contribution < 1.29 is 14.3 Å². The van der Waals surface area contributed by atoms with E-state index in [-0.39, 0.29) is 17.4 Å². The summed E-state index contributed by atoms with van der Waals surface area (Å²) < 4.78 is 6.10. The van der Waals surface area contributed by atoms with Gasteiger partial charge >= 0.3 is 5.97 Å². The minimum absolute atomic E-state index is 0.120. The Kier molecular flexibility index (Phi) is 6.80. The Bertz CT molecular complexity index is 1250. The fraction of sp³-hybridized carbons (Fsp3) is 0.304. The number of halogens is 1. The molecule has 0 spiro atoms. The molecule has 0 bridgehead atoms. The second-order valence-electron chi connectivity index (χ2n) is 7.78. The van der Waals surface area contributed by atoms with Gasteiger partial charge in [0.25, 0.3) is 5.56 Å². The smallest absolute Gasteiger partial charge is 0.350 e. The first-order chi connectivity index (χ1) is 15.9. The van der Waals surface area contributed by atoms with E-state index in [1.165, 1.54) is 29.2 Å². The van der Waals surface area contributed by atoms with E-state index in [1.807, 2.05) is 19.1 Å². The van der Waals surface area contributed by atoms with Gasteiger partial charge in [0.2, 0.25) is 5.91 Å². The highest BCUT2D eigenvalue weighted by molar-refractivity contribution is 7.12. The molecule has 172 valence electrons. The number of anilines is 2. The first-order valence-electron chi connectivity index (χ1n) is 10.5. The Morgan fingerprint density at radius 2 is 1.94 bits per heavy atom. The third kappa shape index (κ3) is 4.94. The molecule has 1 aromatic carbocycles. The highest BCUT2D eigenvalue weighted by Gasteiger charge is 2.27. The molecular weight excluding hydrogens is 464 g/mol. The minimum atomic E-state index is -0.466. The lowest BCUT2D eigenvalue weighted by molar-refractivity contribution is -0.120. The number of carbonyl (C=O) groups is 2. The first-order valence-corrected chi connectivity index (χ1v) is 11.7. The van der Waals surface area contributed by atoms with Gasteiger partial charge in [-0.2, -0.15) is 4.68 Å². The molecule has 1 N–H and O–H groups in total. The molecule has 0 atom stereocenters. The zero-order valence-corrected chi connectivity index (χ0v) is 19.8. The van der Waals surface area contributed by atoms with Crippen molar-refractivity contribution in [2.75, 3.05) is 30.4 Å². The largest absolute Gasteiger partial charge is 0.465 e. The van der Waals surface area contributed by atoms with Crippen LogP contribution in [0.5, 0.6) is 0 Å². The summed E-state index contributed by atoms with van der Waals surface area (Å²) in [5, 5.41) is 9.70. The van der Waals surface area contributed by atoms with E-state index >= 15 is 0 Å². The van der Waals surface area contributed by atoms with Gasteiger partial charge in [-0.3, -0.25) is 9.59 Å². The summed E-state index contributed by atoms with van der Waals surface area (Å²) in [6, 6.07) is 10.3. The lowest BCUT2D eigenvalue weighted by Crippen LogP contribution is -2.39. The number of piperidine rings is 1. The maximum Gasteiger partial charge on any atom is 0.350 e. The predicted octanol–water partition coefficient (Wildman–Crippen LogP) is 3.90.